The Labute approximate surface area is 203 Å². The predicted molar refractivity (Wildman–Crippen MR) is 122 cm³/mol. The van der Waals surface area contributed by atoms with Gasteiger partial charge in [-0.15, -0.1) is 0 Å². The van der Waals surface area contributed by atoms with Crippen LogP contribution in [0.3, 0.4) is 0 Å². The highest BCUT2D eigenvalue weighted by molar-refractivity contribution is 6.37. The van der Waals surface area contributed by atoms with Gasteiger partial charge in [-0.05, 0) is 43.2 Å². The van der Waals surface area contributed by atoms with Gasteiger partial charge in [0.2, 0.25) is 0 Å². The lowest BCUT2D eigenvalue weighted by molar-refractivity contribution is -0.384. The molecular formula is C23H17Cl2N3O6. The number of imide groups is 1. The van der Waals surface area contributed by atoms with Crippen LogP contribution in [0.1, 0.15) is 33.6 Å². The molecule has 0 spiro atoms. The number of non-ortho nitro benzene ring substituents is 1. The van der Waals surface area contributed by atoms with Crippen molar-refractivity contribution in [2.75, 3.05) is 6.54 Å². The van der Waals surface area contributed by atoms with E-state index in [1.54, 1.807) is 12.2 Å². The summed E-state index contributed by atoms with van der Waals surface area (Å²) in [6.07, 6.45) is 4.30. The number of hydrogen-bond acceptors (Lipinski definition) is 6. The number of amides is 3. The molecule has 2 aliphatic rings. The lowest BCUT2D eigenvalue weighted by Gasteiger charge is -2.30. The van der Waals surface area contributed by atoms with Gasteiger partial charge >= 0.3 is 0 Å². The Morgan fingerprint density at radius 3 is 2.12 bits per heavy atom. The molecule has 0 N–H and O–H groups in total. The molecule has 4 rings (SSSR count). The molecule has 174 valence electrons. The van der Waals surface area contributed by atoms with E-state index in [4.69, 9.17) is 23.2 Å². The number of rotatable bonds is 6. The number of nitrogens with zero attached hydrogens (tertiary/aromatic N) is 3. The van der Waals surface area contributed by atoms with Crippen LogP contribution in [0.5, 0.6) is 0 Å². The largest absolute Gasteiger partial charge is 0.292 e. The molecule has 0 aromatic heterocycles. The standard InChI is InChI=1S/C23H17Cl2N3O6/c24-14-7-10-18(19(25)11-14)20(29)12-26(21(30)13-5-8-15(9-6-13)28(33)34)27-22(31)16-3-1-2-4-17(16)23(27)32/h1-2,5-11,16-17H,3-4,12H2/t16-,17+. The van der Waals surface area contributed by atoms with Crippen molar-refractivity contribution in [2.45, 2.75) is 12.8 Å². The number of fused-ring (bicyclic) bond motifs is 1. The zero-order valence-corrected chi connectivity index (χ0v) is 19.0. The maximum Gasteiger partial charge on any atom is 0.273 e. The summed E-state index contributed by atoms with van der Waals surface area (Å²) < 4.78 is 0. The summed E-state index contributed by atoms with van der Waals surface area (Å²) in [6, 6.07) is 8.86. The number of nitro benzene ring substituents is 1. The highest BCUT2D eigenvalue weighted by atomic mass is 35.5. The van der Waals surface area contributed by atoms with Crippen molar-refractivity contribution >= 4 is 52.4 Å². The van der Waals surface area contributed by atoms with Crippen molar-refractivity contribution < 1.29 is 24.1 Å². The summed E-state index contributed by atoms with van der Waals surface area (Å²) in [5.41, 5.74) is -0.211. The smallest absolute Gasteiger partial charge is 0.273 e. The summed E-state index contributed by atoms with van der Waals surface area (Å²) in [7, 11) is 0. The molecule has 3 amide bonds. The maximum absolute atomic E-state index is 13.4. The molecule has 1 aliphatic heterocycles. The number of nitro groups is 1. The summed E-state index contributed by atoms with van der Waals surface area (Å²) in [6.45, 7) is -0.651. The van der Waals surface area contributed by atoms with E-state index in [0.717, 1.165) is 22.2 Å². The molecule has 0 saturated carbocycles. The molecule has 2 aromatic carbocycles. The Morgan fingerprint density at radius 1 is 1.00 bits per heavy atom. The van der Waals surface area contributed by atoms with E-state index in [1.165, 1.54) is 30.3 Å². The van der Waals surface area contributed by atoms with E-state index >= 15 is 0 Å². The highest BCUT2D eigenvalue weighted by Gasteiger charge is 2.51. The number of Topliss-reactive ketones (excluding diaryl/α,β-unsaturated/α-hetero) is 1. The van der Waals surface area contributed by atoms with Crippen molar-refractivity contribution in [1.29, 1.82) is 0 Å². The minimum atomic E-state index is -0.832. The van der Waals surface area contributed by atoms with Crippen LogP contribution in [0, 0.1) is 22.0 Å². The number of hydrazine groups is 1. The van der Waals surface area contributed by atoms with Gasteiger partial charge in [-0.25, -0.2) is 5.01 Å². The molecule has 0 bridgehead atoms. The molecular weight excluding hydrogens is 485 g/mol. The van der Waals surface area contributed by atoms with Crippen molar-refractivity contribution in [1.82, 2.24) is 10.0 Å². The zero-order chi connectivity index (χ0) is 24.6. The van der Waals surface area contributed by atoms with Crippen LogP contribution in [0.4, 0.5) is 5.69 Å². The Kier molecular flexibility index (Phi) is 6.49. The van der Waals surface area contributed by atoms with Crippen molar-refractivity contribution in [3.05, 3.63) is 85.9 Å². The first kappa shape index (κ1) is 23.6. The van der Waals surface area contributed by atoms with Crippen LogP contribution >= 0.6 is 23.2 Å². The summed E-state index contributed by atoms with van der Waals surface area (Å²) >= 11 is 12.0. The van der Waals surface area contributed by atoms with Gasteiger partial charge in [-0.2, -0.15) is 5.01 Å². The van der Waals surface area contributed by atoms with Gasteiger partial charge in [0.1, 0.15) is 6.54 Å². The van der Waals surface area contributed by atoms with Crippen molar-refractivity contribution in [3.8, 4) is 0 Å². The number of benzene rings is 2. The topological polar surface area (TPSA) is 118 Å². The predicted octanol–water partition coefficient (Wildman–Crippen LogP) is 4.09. The van der Waals surface area contributed by atoms with E-state index in [0.29, 0.717) is 17.9 Å². The number of allylic oxidation sites excluding steroid dienone is 2. The Hall–Kier alpha value is -3.56. The van der Waals surface area contributed by atoms with Gasteiger partial charge in [0.25, 0.3) is 23.4 Å². The summed E-state index contributed by atoms with van der Waals surface area (Å²) in [5.74, 6) is -3.86. The quantitative estimate of drug-likeness (QED) is 0.193. The maximum atomic E-state index is 13.4. The van der Waals surface area contributed by atoms with Crippen LogP contribution in [-0.4, -0.2) is 45.0 Å². The zero-order valence-electron chi connectivity index (χ0n) is 17.5. The fraction of sp³-hybridized carbons (Fsp3) is 0.217. The monoisotopic (exact) mass is 501 g/mol. The van der Waals surface area contributed by atoms with Crippen LogP contribution in [0.2, 0.25) is 10.0 Å². The molecule has 2 aromatic rings. The fourth-order valence-electron chi connectivity index (χ4n) is 4.07. The average Bonchev–Trinajstić information content (AvgIpc) is 3.07. The minimum Gasteiger partial charge on any atom is -0.292 e. The van der Waals surface area contributed by atoms with Crippen molar-refractivity contribution in [3.63, 3.8) is 0 Å². The highest BCUT2D eigenvalue weighted by Crippen LogP contribution is 2.36. The van der Waals surface area contributed by atoms with Gasteiger partial charge in [-0.1, -0.05) is 35.4 Å². The lowest BCUT2D eigenvalue weighted by Crippen LogP contribution is -2.52. The second kappa shape index (κ2) is 9.36. The molecule has 0 unspecified atom stereocenters. The van der Waals surface area contributed by atoms with E-state index in [2.05, 4.69) is 0 Å². The normalized spacial score (nSPS) is 19.2. The molecule has 1 aliphatic carbocycles. The first-order valence-corrected chi connectivity index (χ1v) is 11.0. The molecule has 1 saturated heterocycles. The molecule has 2 atom stereocenters. The number of ketones is 1. The van der Waals surface area contributed by atoms with Gasteiger partial charge in [0.05, 0.1) is 21.8 Å². The Bertz CT molecular complexity index is 1220. The van der Waals surface area contributed by atoms with E-state index < -0.39 is 46.8 Å². The Morgan fingerprint density at radius 2 is 1.59 bits per heavy atom. The first-order chi connectivity index (χ1) is 16.2. The average molecular weight is 502 g/mol. The Balaban J connectivity index is 1.70. The SMILES string of the molecule is O=C(CN(C(=O)c1ccc([N+](=O)[O-])cc1)N1C(=O)[C@H]2CC=CC[C@H]2C1=O)c1ccc(Cl)cc1Cl. The molecule has 9 nitrogen and oxygen atoms in total. The van der Waals surface area contributed by atoms with E-state index in [1.807, 2.05) is 0 Å². The number of carbonyl (C=O) groups is 4. The van der Waals surface area contributed by atoms with Crippen LogP contribution in [0.15, 0.2) is 54.6 Å². The third kappa shape index (κ3) is 4.32. The van der Waals surface area contributed by atoms with Crippen LogP contribution in [0.25, 0.3) is 0 Å². The lowest BCUT2D eigenvalue weighted by atomic mass is 9.85. The molecule has 0 radical (unpaired) electrons. The molecule has 34 heavy (non-hydrogen) atoms. The summed E-state index contributed by atoms with van der Waals surface area (Å²) in [4.78, 5) is 63.1. The molecule has 1 heterocycles. The fourth-order valence-corrected chi connectivity index (χ4v) is 4.58. The third-order valence-corrected chi connectivity index (χ3v) is 6.36. The van der Waals surface area contributed by atoms with Crippen LogP contribution in [-0.2, 0) is 9.59 Å². The van der Waals surface area contributed by atoms with Gasteiger partial charge < -0.3 is 0 Å². The van der Waals surface area contributed by atoms with E-state index in [-0.39, 0.29) is 21.8 Å². The number of carbonyl (C=O) groups excluding carboxylic acids is 4. The number of halogens is 2. The van der Waals surface area contributed by atoms with Crippen molar-refractivity contribution in [2.24, 2.45) is 11.8 Å². The first-order valence-electron chi connectivity index (χ1n) is 10.3. The van der Waals surface area contributed by atoms with E-state index in [9.17, 15) is 29.3 Å². The van der Waals surface area contributed by atoms with Gasteiger partial charge in [-0.3, -0.25) is 29.3 Å². The van der Waals surface area contributed by atoms with Crippen LogP contribution < -0.4 is 0 Å². The number of hydrogen-bond donors (Lipinski definition) is 0. The third-order valence-electron chi connectivity index (χ3n) is 5.81. The summed E-state index contributed by atoms with van der Waals surface area (Å²) in [5, 5.41) is 12.8. The minimum absolute atomic E-state index is 0.0331. The second-order valence-electron chi connectivity index (χ2n) is 7.86. The van der Waals surface area contributed by atoms with Gasteiger partial charge in [0.15, 0.2) is 5.78 Å². The molecule has 11 heteroatoms. The van der Waals surface area contributed by atoms with Gasteiger partial charge in [0, 0.05) is 28.3 Å². The second-order valence-corrected chi connectivity index (χ2v) is 8.70. The molecule has 1 fully saturated rings.